The second-order valence-corrected chi connectivity index (χ2v) is 13.3. The van der Waals surface area contributed by atoms with Gasteiger partial charge in [0.05, 0.1) is 33.0 Å². The summed E-state index contributed by atoms with van der Waals surface area (Å²) in [4.78, 5) is 26.1. The summed E-state index contributed by atoms with van der Waals surface area (Å²) >= 11 is 0. The fraction of sp³-hybridized carbons (Fsp3) is 0.421. The van der Waals surface area contributed by atoms with Crippen LogP contribution in [0.5, 0.6) is 40.2 Å². The van der Waals surface area contributed by atoms with Gasteiger partial charge in [-0.3, -0.25) is 9.59 Å². The van der Waals surface area contributed by atoms with Gasteiger partial charge in [-0.2, -0.15) is 0 Å². The van der Waals surface area contributed by atoms with Crippen LogP contribution in [-0.4, -0.2) is 137 Å². The minimum absolute atomic E-state index is 0.0139. The fourth-order valence-electron chi connectivity index (χ4n) is 6.69. The quantitative estimate of drug-likeness (QED) is 0.0918. The summed E-state index contributed by atoms with van der Waals surface area (Å²) < 4.78 is 57.5. The predicted octanol–water partition coefficient (Wildman–Crippen LogP) is -0.147. The zero-order chi connectivity index (χ0) is 40.7. The van der Waals surface area contributed by atoms with Crippen molar-refractivity contribution < 1.29 is 87.6 Å². The van der Waals surface area contributed by atoms with Crippen LogP contribution in [0.3, 0.4) is 0 Å². The van der Waals surface area contributed by atoms with Gasteiger partial charge >= 0.3 is 0 Å². The Hall–Kier alpha value is -5.22. The highest BCUT2D eigenvalue weighted by Gasteiger charge is 2.49. The molecule has 19 nitrogen and oxygen atoms in total. The van der Waals surface area contributed by atoms with E-state index >= 15 is 0 Å². The van der Waals surface area contributed by atoms with E-state index in [1.54, 1.807) is 0 Å². The van der Waals surface area contributed by atoms with Crippen LogP contribution < -0.4 is 38.6 Å². The molecule has 7 rings (SSSR count). The van der Waals surface area contributed by atoms with Gasteiger partial charge in [0, 0.05) is 11.6 Å². The van der Waals surface area contributed by atoms with Crippen LogP contribution >= 0.6 is 0 Å². The standard InChI is InChI=1S/C38H40O19/c1-15(41)16-4-6-19(21(8-16)48-2)53-36-32(46)30(44)26(12-40)57-38(36)54-20-7-5-17(9-22(20)55-37-33(47)31(45)29(43)25(11-39)56-37)18-13-50-23-10-24-34(52-14-51-24)35(49-3)27(23)28(18)42/h4-10,13,25-26,29-33,36-40,43-47H,11-12,14H2,1-3H3/t25-,26-,29-,30-,31+,32+,33-,36+,37-,38-/m1/s1. The highest BCUT2D eigenvalue weighted by molar-refractivity contribution is 5.94. The Labute approximate surface area is 322 Å². The predicted molar refractivity (Wildman–Crippen MR) is 191 cm³/mol. The van der Waals surface area contributed by atoms with Gasteiger partial charge in [0.2, 0.25) is 30.6 Å². The first-order valence-corrected chi connectivity index (χ1v) is 17.6. The first kappa shape index (κ1) is 40.0. The number of carbonyl (C=O) groups excluding carboxylic acids is 1. The third-order valence-electron chi connectivity index (χ3n) is 9.81. The Morgan fingerprint density at radius 1 is 0.737 bits per heavy atom. The molecule has 57 heavy (non-hydrogen) atoms. The molecule has 3 aromatic carbocycles. The number of fused-ring (bicyclic) bond motifs is 2. The maximum atomic E-state index is 14.1. The van der Waals surface area contributed by atoms with Crippen LogP contribution in [0.2, 0.25) is 0 Å². The van der Waals surface area contributed by atoms with Crippen molar-refractivity contribution in [1.82, 2.24) is 0 Å². The van der Waals surface area contributed by atoms with Crippen molar-refractivity contribution in [2.45, 2.75) is 68.3 Å². The van der Waals surface area contributed by atoms with E-state index in [2.05, 4.69) is 0 Å². The largest absolute Gasteiger partial charge is 0.493 e. The Balaban J connectivity index is 1.30. The number of hydrogen-bond acceptors (Lipinski definition) is 19. The molecule has 2 saturated heterocycles. The number of hydrogen-bond donors (Lipinski definition) is 7. The number of methoxy groups -OCH3 is 2. The Bertz CT molecular complexity index is 2170. The fourth-order valence-corrected chi connectivity index (χ4v) is 6.69. The zero-order valence-corrected chi connectivity index (χ0v) is 30.5. The van der Waals surface area contributed by atoms with Crippen molar-refractivity contribution in [3.8, 4) is 51.4 Å². The highest BCUT2D eigenvalue weighted by atomic mass is 16.7. The van der Waals surface area contributed by atoms with Gasteiger partial charge < -0.3 is 82.8 Å². The maximum Gasteiger partial charge on any atom is 0.240 e. The summed E-state index contributed by atoms with van der Waals surface area (Å²) in [6.45, 7) is -0.260. The number of aliphatic hydroxyl groups excluding tert-OH is 7. The number of ether oxygens (including phenoxy) is 9. The molecule has 3 aliphatic heterocycles. The molecule has 0 bridgehead atoms. The monoisotopic (exact) mass is 800 g/mol. The first-order valence-electron chi connectivity index (χ1n) is 17.6. The van der Waals surface area contributed by atoms with Crippen LogP contribution in [-0.2, 0) is 9.47 Å². The van der Waals surface area contributed by atoms with Gasteiger partial charge in [0.1, 0.15) is 60.0 Å². The molecule has 19 heteroatoms. The minimum Gasteiger partial charge on any atom is -0.493 e. The highest BCUT2D eigenvalue weighted by Crippen LogP contribution is 2.46. The van der Waals surface area contributed by atoms with Crippen LogP contribution in [0, 0.1) is 0 Å². The topological polar surface area (TPSA) is 272 Å². The zero-order valence-electron chi connectivity index (χ0n) is 30.5. The van der Waals surface area contributed by atoms with Crippen molar-refractivity contribution in [3.63, 3.8) is 0 Å². The summed E-state index contributed by atoms with van der Waals surface area (Å²) in [7, 11) is 2.68. The van der Waals surface area contributed by atoms with E-state index in [0.717, 1.165) is 0 Å². The molecule has 0 aliphatic carbocycles. The number of aliphatic hydroxyl groups is 7. The van der Waals surface area contributed by atoms with E-state index in [0.29, 0.717) is 11.3 Å². The lowest BCUT2D eigenvalue weighted by atomic mass is 9.98. The molecule has 3 aliphatic rings. The molecular weight excluding hydrogens is 760 g/mol. The number of ketones is 1. The smallest absolute Gasteiger partial charge is 0.240 e. The van der Waals surface area contributed by atoms with E-state index in [4.69, 9.17) is 47.0 Å². The number of Topliss-reactive ketones (excluding diaryl/α,β-unsaturated/α-hetero) is 1. The van der Waals surface area contributed by atoms with Crippen molar-refractivity contribution in [2.75, 3.05) is 34.2 Å². The third-order valence-corrected chi connectivity index (χ3v) is 9.81. The molecule has 7 N–H and O–H groups in total. The molecule has 0 radical (unpaired) electrons. The molecule has 4 heterocycles. The molecule has 1 aromatic heterocycles. The van der Waals surface area contributed by atoms with E-state index in [1.807, 2.05) is 0 Å². The Kier molecular flexibility index (Phi) is 11.5. The van der Waals surface area contributed by atoms with Crippen LogP contribution in [0.15, 0.2) is 57.9 Å². The summed E-state index contributed by atoms with van der Waals surface area (Å²) in [6, 6.07) is 9.81. The van der Waals surface area contributed by atoms with Crippen LogP contribution in [0.1, 0.15) is 17.3 Å². The summed E-state index contributed by atoms with van der Waals surface area (Å²) in [6.07, 6.45) is -15.3. The van der Waals surface area contributed by atoms with Gasteiger partial charge in [0.15, 0.2) is 46.4 Å². The first-order chi connectivity index (χ1) is 27.4. The van der Waals surface area contributed by atoms with Gasteiger partial charge in [-0.25, -0.2) is 0 Å². The third kappa shape index (κ3) is 7.40. The van der Waals surface area contributed by atoms with E-state index in [9.17, 15) is 45.3 Å². The lowest BCUT2D eigenvalue weighted by Crippen LogP contribution is -2.62. The average Bonchev–Trinajstić information content (AvgIpc) is 3.69. The molecule has 306 valence electrons. The summed E-state index contributed by atoms with van der Waals surface area (Å²) in [5.74, 6) is -0.0415. The molecule has 10 atom stereocenters. The summed E-state index contributed by atoms with van der Waals surface area (Å²) in [5, 5.41) is 73.7. The lowest BCUT2D eigenvalue weighted by Gasteiger charge is -2.42. The summed E-state index contributed by atoms with van der Waals surface area (Å²) in [5.41, 5.74) is 0.0205. The SMILES string of the molecule is COc1cc(C(C)=O)ccc1O[C@@H]1[C@H](Oc2ccc(-c3coc4cc5c(c(OC)c4c3=O)OCO5)cc2O[C@@H]2O[C@H](CO)[C@@H](O)[C@H](O)[C@H]2O)O[C@H](CO)[C@@H](O)[C@@H]1O. The van der Waals surface area contributed by atoms with E-state index in [1.165, 1.54) is 69.9 Å². The second-order valence-electron chi connectivity index (χ2n) is 13.3. The van der Waals surface area contributed by atoms with Crippen molar-refractivity contribution in [1.29, 1.82) is 0 Å². The number of carbonyl (C=O) groups is 1. The Morgan fingerprint density at radius 3 is 2.09 bits per heavy atom. The van der Waals surface area contributed by atoms with Crippen molar-refractivity contribution in [2.24, 2.45) is 0 Å². The minimum atomic E-state index is -1.87. The van der Waals surface area contributed by atoms with Crippen LogP contribution in [0.4, 0.5) is 0 Å². The molecular formula is C38H40O19. The number of rotatable bonds is 12. The van der Waals surface area contributed by atoms with Gasteiger partial charge in [-0.1, -0.05) is 6.07 Å². The van der Waals surface area contributed by atoms with Gasteiger partial charge in [0.25, 0.3) is 0 Å². The maximum absolute atomic E-state index is 14.1. The van der Waals surface area contributed by atoms with Crippen LogP contribution in [0.25, 0.3) is 22.1 Å². The van der Waals surface area contributed by atoms with Gasteiger partial charge in [-0.15, -0.1) is 0 Å². The van der Waals surface area contributed by atoms with E-state index in [-0.39, 0.29) is 69.2 Å². The average molecular weight is 801 g/mol. The van der Waals surface area contributed by atoms with Gasteiger partial charge in [-0.05, 0) is 42.8 Å². The lowest BCUT2D eigenvalue weighted by molar-refractivity contribution is -0.280. The molecule has 0 saturated carbocycles. The molecule has 2 fully saturated rings. The Morgan fingerprint density at radius 2 is 1.40 bits per heavy atom. The normalized spacial score (nSPS) is 28.2. The molecule has 0 unspecified atom stereocenters. The molecule has 0 amide bonds. The van der Waals surface area contributed by atoms with Crippen molar-refractivity contribution >= 4 is 16.8 Å². The van der Waals surface area contributed by atoms with E-state index < -0.39 is 80.1 Å². The molecule has 4 aromatic rings. The van der Waals surface area contributed by atoms with Crippen molar-refractivity contribution in [3.05, 3.63) is 64.5 Å². The molecule has 0 spiro atoms. The number of benzene rings is 3. The second kappa shape index (κ2) is 16.3.